The van der Waals surface area contributed by atoms with Gasteiger partial charge in [-0.25, -0.2) is 4.79 Å². The monoisotopic (exact) mass is 422 g/mol. The second kappa shape index (κ2) is 10.6. The van der Waals surface area contributed by atoms with Gasteiger partial charge in [0.15, 0.2) is 5.60 Å². The van der Waals surface area contributed by atoms with E-state index >= 15 is 0 Å². The molecule has 0 saturated carbocycles. The van der Waals surface area contributed by atoms with Gasteiger partial charge in [0.05, 0.1) is 6.54 Å². The fourth-order valence-electron chi connectivity index (χ4n) is 3.21. The molecule has 1 amide bonds. The van der Waals surface area contributed by atoms with Crippen molar-refractivity contribution in [3.63, 3.8) is 0 Å². The molecule has 2 aromatic carbocycles. The van der Waals surface area contributed by atoms with Crippen molar-refractivity contribution >= 4 is 12.1 Å². The third kappa shape index (κ3) is 6.53. The molecule has 0 saturated heterocycles. The molecule has 0 fully saturated rings. The molecule has 2 atom stereocenters. The molecule has 0 spiro atoms. The maximum Gasteiger partial charge on any atom is 0.434 e. The Labute approximate surface area is 181 Å². The molecule has 1 aliphatic carbocycles. The van der Waals surface area contributed by atoms with Crippen LogP contribution >= 0.6 is 0 Å². The van der Waals surface area contributed by atoms with E-state index in [2.05, 4.69) is 0 Å². The van der Waals surface area contributed by atoms with Gasteiger partial charge in [-0.15, -0.1) is 0 Å². The zero-order valence-electron chi connectivity index (χ0n) is 17.1. The number of rotatable bonds is 8. The molecular weight excluding hydrogens is 396 g/mol. The van der Waals surface area contributed by atoms with Crippen molar-refractivity contribution in [3.05, 3.63) is 96.1 Å². The number of amides is 1. The Hall–Kier alpha value is -3.42. The summed E-state index contributed by atoms with van der Waals surface area (Å²) in [6.07, 6.45) is 6.59. The van der Waals surface area contributed by atoms with E-state index in [0.29, 0.717) is 11.5 Å². The Morgan fingerprint density at radius 2 is 1.68 bits per heavy atom. The van der Waals surface area contributed by atoms with Crippen LogP contribution in [0, 0.1) is 0 Å². The van der Waals surface area contributed by atoms with Crippen LogP contribution in [-0.4, -0.2) is 40.5 Å². The van der Waals surface area contributed by atoms with Crippen molar-refractivity contribution in [1.82, 2.24) is 5.06 Å². The van der Waals surface area contributed by atoms with E-state index < -0.39 is 23.7 Å². The van der Waals surface area contributed by atoms with Gasteiger partial charge in [0.2, 0.25) is 0 Å². The lowest BCUT2D eigenvalue weighted by Gasteiger charge is -2.34. The van der Waals surface area contributed by atoms with Crippen LogP contribution in [0.1, 0.15) is 17.5 Å². The second-order valence-corrected chi connectivity index (χ2v) is 7.37. The number of benzene rings is 2. The van der Waals surface area contributed by atoms with E-state index in [9.17, 15) is 14.8 Å². The minimum absolute atomic E-state index is 0.0151. The molecule has 0 radical (unpaired) electrons. The van der Waals surface area contributed by atoms with Gasteiger partial charge >= 0.3 is 12.1 Å². The Balaban J connectivity index is 1.60. The summed E-state index contributed by atoms with van der Waals surface area (Å²) in [6, 6.07) is 17.6. The zero-order valence-corrected chi connectivity index (χ0v) is 17.1. The number of nitrogens with zero attached hydrogens (tertiary/aromatic N) is 1. The van der Waals surface area contributed by atoms with Crippen LogP contribution in [-0.2, 0) is 27.3 Å². The highest BCUT2D eigenvalue weighted by molar-refractivity contribution is 5.77. The summed E-state index contributed by atoms with van der Waals surface area (Å²) >= 11 is 0. The predicted molar refractivity (Wildman–Crippen MR) is 115 cm³/mol. The van der Waals surface area contributed by atoms with Gasteiger partial charge in [-0.1, -0.05) is 78.9 Å². The number of hydrogen-bond acceptors (Lipinski definition) is 6. The Bertz CT molecular complexity index is 930. The van der Waals surface area contributed by atoms with Crippen LogP contribution in [0.3, 0.4) is 0 Å². The fourth-order valence-corrected chi connectivity index (χ4v) is 3.21. The third-order valence-electron chi connectivity index (χ3n) is 4.85. The van der Waals surface area contributed by atoms with E-state index in [0.717, 1.165) is 11.1 Å². The summed E-state index contributed by atoms with van der Waals surface area (Å²) in [7, 11) is 0. The highest BCUT2D eigenvalue weighted by Gasteiger charge is 2.37. The molecule has 3 N–H and O–H groups in total. The molecule has 0 aromatic heterocycles. The van der Waals surface area contributed by atoms with Crippen molar-refractivity contribution < 1.29 is 24.3 Å². The Kier molecular flexibility index (Phi) is 7.59. The summed E-state index contributed by atoms with van der Waals surface area (Å²) < 4.78 is 10.8. The maximum absolute atomic E-state index is 12.7. The lowest BCUT2D eigenvalue weighted by molar-refractivity contribution is -0.167. The smallest absolute Gasteiger partial charge is 0.434 e. The summed E-state index contributed by atoms with van der Waals surface area (Å²) in [5.41, 5.74) is 6.51. The van der Waals surface area contributed by atoms with Crippen molar-refractivity contribution in [2.24, 2.45) is 5.73 Å². The number of carbonyl (C=O) groups is 2. The largest absolute Gasteiger partial charge is 0.451 e. The molecule has 3 rings (SSSR count). The normalized spacial score (nSPS) is 18.3. The van der Waals surface area contributed by atoms with Crippen molar-refractivity contribution in [2.75, 3.05) is 6.54 Å². The molecule has 31 heavy (non-hydrogen) atoms. The first-order valence-corrected chi connectivity index (χ1v) is 10.0. The maximum atomic E-state index is 12.7. The Morgan fingerprint density at radius 3 is 2.29 bits per heavy atom. The van der Waals surface area contributed by atoms with Crippen molar-refractivity contribution in [2.45, 2.75) is 31.1 Å². The highest BCUT2D eigenvalue weighted by atomic mass is 16.6. The number of allylic oxidation sites excluding steroid dienone is 2. The quantitative estimate of drug-likeness (QED) is 0.384. The van der Waals surface area contributed by atoms with E-state index in [4.69, 9.17) is 15.2 Å². The molecule has 2 aromatic rings. The predicted octanol–water partition coefficient (Wildman–Crippen LogP) is 3.38. The molecule has 7 nitrogen and oxygen atoms in total. The number of esters is 1. The first-order valence-electron chi connectivity index (χ1n) is 10.0. The van der Waals surface area contributed by atoms with E-state index in [1.54, 1.807) is 36.4 Å². The minimum Gasteiger partial charge on any atom is -0.451 e. The first kappa shape index (κ1) is 22.3. The number of hydroxylamine groups is 2. The number of hydrogen-bond donors (Lipinski definition) is 2. The third-order valence-corrected chi connectivity index (χ3v) is 4.85. The van der Waals surface area contributed by atoms with E-state index in [1.807, 2.05) is 48.5 Å². The molecule has 0 bridgehead atoms. The molecule has 0 aliphatic heterocycles. The van der Waals surface area contributed by atoms with Gasteiger partial charge in [-0.05, 0) is 23.6 Å². The lowest BCUT2D eigenvalue weighted by atomic mass is 9.94. The van der Waals surface area contributed by atoms with Gasteiger partial charge in [0.1, 0.15) is 12.6 Å². The molecule has 0 heterocycles. The van der Waals surface area contributed by atoms with E-state index in [-0.39, 0.29) is 19.6 Å². The standard InChI is InChI=1S/C24H26N2O5/c25-21(16-19-10-4-1-5-11-19)22(27)31-24(14-8-3-9-15-24)18-26(29)23(28)30-17-20-12-6-2-7-13-20/h1-14,21,29H,15-18,25H2/t21-,24?/m0/s1. The first-order chi connectivity index (χ1) is 15.0. The van der Waals surface area contributed by atoms with Gasteiger partial charge in [0, 0.05) is 6.42 Å². The number of ether oxygens (including phenoxy) is 2. The molecular formula is C24H26N2O5. The van der Waals surface area contributed by atoms with Gasteiger partial charge < -0.3 is 15.2 Å². The average Bonchev–Trinajstić information content (AvgIpc) is 2.79. The molecule has 1 aliphatic rings. The molecule has 1 unspecified atom stereocenters. The SMILES string of the molecule is N[C@@H](Cc1ccccc1)C(=O)OC1(CN(O)C(=O)OCc2ccccc2)C=CC=CC1. The summed E-state index contributed by atoms with van der Waals surface area (Å²) in [4.78, 5) is 24.9. The topological polar surface area (TPSA) is 102 Å². The highest BCUT2D eigenvalue weighted by Crippen LogP contribution is 2.25. The minimum atomic E-state index is -1.24. The van der Waals surface area contributed by atoms with Gasteiger partial charge in [0.25, 0.3) is 0 Å². The summed E-state index contributed by atoms with van der Waals surface area (Å²) in [5.74, 6) is -0.616. The number of nitrogens with two attached hydrogens (primary N) is 1. The molecule has 162 valence electrons. The summed E-state index contributed by atoms with van der Waals surface area (Å²) in [6.45, 7) is -0.271. The van der Waals surface area contributed by atoms with Crippen LogP contribution in [0.4, 0.5) is 4.79 Å². The second-order valence-electron chi connectivity index (χ2n) is 7.37. The zero-order chi connectivity index (χ0) is 22.1. The van der Waals surface area contributed by atoms with Crippen LogP contribution in [0.25, 0.3) is 0 Å². The molecule has 7 heteroatoms. The van der Waals surface area contributed by atoms with Gasteiger partial charge in [-0.2, -0.15) is 5.06 Å². The van der Waals surface area contributed by atoms with Gasteiger partial charge in [-0.3, -0.25) is 10.0 Å². The van der Waals surface area contributed by atoms with Crippen LogP contribution in [0.5, 0.6) is 0 Å². The fraction of sp³-hybridized carbons (Fsp3) is 0.250. The Morgan fingerprint density at radius 1 is 1.03 bits per heavy atom. The number of carbonyl (C=O) groups excluding carboxylic acids is 2. The van der Waals surface area contributed by atoms with Crippen LogP contribution in [0.2, 0.25) is 0 Å². The van der Waals surface area contributed by atoms with Crippen LogP contribution < -0.4 is 5.73 Å². The van der Waals surface area contributed by atoms with Crippen LogP contribution in [0.15, 0.2) is 85.0 Å². The van der Waals surface area contributed by atoms with E-state index in [1.165, 1.54) is 0 Å². The average molecular weight is 422 g/mol. The summed E-state index contributed by atoms with van der Waals surface area (Å²) in [5, 5.41) is 10.7. The van der Waals surface area contributed by atoms with Crippen molar-refractivity contribution in [3.8, 4) is 0 Å². The van der Waals surface area contributed by atoms with Crippen molar-refractivity contribution in [1.29, 1.82) is 0 Å². The lowest BCUT2D eigenvalue weighted by Crippen LogP contribution is -2.49.